The molecule has 2 heterocycles. The number of rotatable bonds is 6. The number of halogens is 1. The highest BCUT2D eigenvalue weighted by atomic mass is 32.1. The van der Waals surface area contributed by atoms with Crippen molar-refractivity contribution < 1.29 is 18.7 Å². The Morgan fingerprint density at radius 3 is 2.33 bits per heavy atom. The summed E-state index contributed by atoms with van der Waals surface area (Å²) in [6.45, 7) is 3.87. The molecule has 1 aromatic heterocycles. The Morgan fingerprint density at radius 1 is 0.967 bits per heavy atom. The third-order valence-corrected chi connectivity index (χ3v) is 5.33. The quantitative estimate of drug-likeness (QED) is 0.564. The van der Waals surface area contributed by atoms with Crippen LogP contribution < -0.4 is 15.0 Å². The fourth-order valence-corrected chi connectivity index (χ4v) is 3.95. The summed E-state index contributed by atoms with van der Waals surface area (Å²) in [4.78, 5) is 27.9. The lowest BCUT2D eigenvalue weighted by atomic mass is 10.2. The standard InChI is InChI=1S/C23H19FN2O3S/c1-14(2)29-16-11-9-15(10-12-16)25-21-20(19-8-5-13-30-19)22(27)26(23(21)28)18-7-4-3-6-17(18)24/h3-14,25H,1-2H3. The number of imide groups is 1. The Balaban J connectivity index is 1.72. The minimum absolute atomic E-state index is 0.0420. The average molecular weight is 422 g/mol. The van der Waals surface area contributed by atoms with Gasteiger partial charge in [0.1, 0.15) is 17.3 Å². The Kier molecular flexibility index (Phi) is 5.37. The molecule has 0 saturated heterocycles. The monoisotopic (exact) mass is 422 g/mol. The van der Waals surface area contributed by atoms with Gasteiger partial charge in [-0.15, -0.1) is 11.3 Å². The second-order valence-electron chi connectivity index (χ2n) is 6.94. The molecule has 1 aliphatic heterocycles. The van der Waals surface area contributed by atoms with Gasteiger partial charge in [0.25, 0.3) is 11.8 Å². The number of hydrogen-bond acceptors (Lipinski definition) is 5. The van der Waals surface area contributed by atoms with E-state index in [2.05, 4.69) is 5.32 Å². The lowest BCUT2D eigenvalue weighted by molar-refractivity contribution is -0.120. The molecule has 152 valence electrons. The van der Waals surface area contributed by atoms with Gasteiger partial charge in [-0.1, -0.05) is 18.2 Å². The van der Waals surface area contributed by atoms with E-state index >= 15 is 0 Å². The van der Waals surface area contributed by atoms with Gasteiger partial charge in [0.05, 0.1) is 17.4 Å². The summed E-state index contributed by atoms with van der Waals surface area (Å²) in [6.07, 6.45) is 0.0420. The third-order valence-electron chi connectivity index (χ3n) is 4.44. The lowest BCUT2D eigenvalue weighted by Gasteiger charge is -2.16. The Morgan fingerprint density at radius 2 is 1.70 bits per heavy atom. The minimum atomic E-state index is -0.638. The van der Waals surface area contributed by atoms with Crippen LogP contribution in [0.25, 0.3) is 5.57 Å². The first kappa shape index (κ1) is 19.8. The van der Waals surface area contributed by atoms with Crippen molar-refractivity contribution >= 4 is 40.1 Å². The van der Waals surface area contributed by atoms with Gasteiger partial charge in [0.15, 0.2) is 0 Å². The van der Waals surface area contributed by atoms with Crippen molar-refractivity contribution in [2.75, 3.05) is 10.2 Å². The molecule has 7 heteroatoms. The number of hydrogen-bond donors (Lipinski definition) is 1. The largest absolute Gasteiger partial charge is 0.491 e. The number of para-hydroxylation sites is 1. The van der Waals surface area contributed by atoms with Crippen LogP contribution in [-0.2, 0) is 9.59 Å². The van der Waals surface area contributed by atoms with Gasteiger partial charge in [-0.25, -0.2) is 9.29 Å². The van der Waals surface area contributed by atoms with Crippen LogP contribution in [0.2, 0.25) is 0 Å². The van der Waals surface area contributed by atoms with Crippen molar-refractivity contribution in [2.45, 2.75) is 20.0 Å². The molecule has 0 saturated carbocycles. The van der Waals surface area contributed by atoms with E-state index in [1.54, 1.807) is 42.5 Å². The molecule has 0 radical (unpaired) electrons. The van der Waals surface area contributed by atoms with Gasteiger partial charge in [-0.05, 0) is 61.7 Å². The van der Waals surface area contributed by atoms with E-state index in [4.69, 9.17) is 4.74 Å². The molecule has 0 atom stereocenters. The highest BCUT2D eigenvalue weighted by Gasteiger charge is 2.41. The summed E-state index contributed by atoms with van der Waals surface area (Å²) >= 11 is 1.34. The van der Waals surface area contributed by atoms with Gasteiger partial charge in [0, 0.05) is 10.6 Å². The van der Waals surface area contributed by atoms with E-state index in [-0.39, 0.29) is 23.1 Å². The zero-order valence-corrected chi connectivity index (χ0v) is 17.2. The summed E-state index contributed by atoms with van der Waals surface area (Å²) < 4.78 is 20.0. The Bertz CT molecular complexity index is 1120. The van der Waals surface area contributed by atoms with Crippen molar-refractivity contribution in [1.29, 1.82) is 0 Å². The number of amides is 2. The normalized spacial score (nSPS) is 14.1. The number of thiophene rings is 1. The van der Waals surface area contributed by atoms with Crippen molar-refractivity contribution in [3.63, 3.8) is 0 Å². The van der Waals surface area contributed by atoms with Crippen LogP contribution >= 0.6 is 11.3 Å². The van der Waals surface area contributed by atoms with Crippen LogP contribution in [0, 0.1) is 5.82 Å². The van der Waals surface area contributed by atoms with E-state index in [1.807, 2.05) is 19.2 Å². The molecule has 5 nitrogen and oxygen atoms in total. The summed E-state index contributed by atoms with van der Waals surface area (Å²) in [7, 11) is 0. The molecule has 0 fully saturated rings. The zero-order chi connectivity index (χ0) is 21.3. The molecule has 1 aliphatic rings. The number of nitrogens with zero attached hydrogens (tertiary/aromatic N) is 1. The number of carbonyl (C=O) groups excluding carboxylic acids is 2. The van der Waals surface area contributed by atoms with Gasteiger partial charge in [-0.2, -0.15) is 0 Å². The molecule has 4 rings (SSSR count). The molecule has 2 amide bonds. The molecule has 0 bridgehead atoms. The molecule has 0 unspecified atom stereocenters. The third kappa shape index (κ3) is 3.71. The van der Waals surface area contributed by atoms with Crippen LogP contribution in [0.1, 0.15) is 18.7 Å². The number of carbonyl (C=O) groups is 2. The summed E-state index contributed by atoms with van der Waals surface area (Å²) in [6, 6.07) is 16.4. The molecular formula is C23H19FN2O3S. The predicted octanol–water partition coefficient (Wildman–Crippen LogP) is 5.07. The van der Waals surface area contributed by atoms with Crippen LogP contribution in [0.15, 0.2) is 71.7 Å². The minimum Gasteiger partial charge on any atom is -0.491 e. The Hall–Kier alpha value is -3.45. The number of nitrogens with one attached hydrogen (secondary N) is 1. The van der Waals surface area contributed by atoms with Gasteiger partial charge >= 0.3 is 0 Å². The fraction of sp³-hybridized carbons (Fsp3) is 0.130. The van der Waals surface area contributed by atoms with Crippen molar-refractivity contribution in [2.24, 2.45) is 0 Å². The van der Waals surface area contributed by atoms with E-state index < -0.39 is 17.6 Å². The highest BCUT2D eigenvalue weighted by Crippen LogP contribution is 2.36. The average Bonchev–Trinajstić information content (AvgIpc) is 3.31. The molecule has 2 aromatic carbocycles. The van der Waals surface area contributed by atoms with E-state index in [0.717, 1.165) is 4.90 Å². The molecule has 30 heavy (non-hydrogen) atoms. The second kappa shape index (κ2) is 8.12. The SMILES string of the molecule is CC(C)Oc1ccc(NC2=C(c3cccs3)C(=O)N(c3ccccc3F)C2=O)cc1. The van der Waals surface area contributed by atoms with Gasteiger partial charge in [0.2, 0.25) is 0 Å². The maximum absolute atomic E-state index is 14.4. The highest BCUT2D eigenvalue weighted by molar-refractivity contribution is 7.11. The molecule has 0 aliphatic carbocycles. The maximum atomic E-state index is 14.4. The smallest absolute Gasteiger partial charge is 0.282 e. The summed E-state index contributed by atoms with van der Waals surface area (Å²) in [5, 5.41) is 4.88. The van der Waals surface area contributed by atoms with Gasteiger partial charge < -0.3 is 10.1 Å². The van der Waals surface area contributed by atoms with Crippen LogP contribution in [0.5, 0.6) is 5.75 Å². The van der Waals surface area contributed by atoms with Crippen LogP contribution in [0.3, 0.4) is 0 Å². The Labute approximate surface area is 177 Å². The fourth-order valence-electron chi connectivity index (χ4n) is 3.18. The van der Waals surface area contributed by atoms with Crippen molar-refractivity contribution in [3.05, 3.63) is 82.4 Å². The van der Waals surface area contributed by atoms with Crippen LogP contribution in [0.4, 0.5) is 15.8 Å². The molecule has 1 N–H and O–H groups in total. The van der Waals surface area contributed by atoms with Crippen molar-refractivity contribution in [1.82, 2.24) is 0 Å². The van der Waals surface area contributed by atoms with Crippen LogP contribution in [-0.4, -0.2) is 17.9 Å². The number of benzene rings is 2. The second-order valence-corrected chi connectivity index (χ2v) is 7.89. The topological polar surface area (TPSA) is 58.6 Å². The predicted molar refractivity (Wildman–Crippen MR) is 116 cm³/mol. The molecular weight excluding hydrogens is 403 g/mol. The number of anilines is 2. The summed E-state index contributed by atoms with van der Waals surface area (Å²) in [5.74, 6) is -1.10. The maximum Gasteiger partial charge on any atom is 0.282 e. The number of ether oxygens (including phenoxy) is 1. The molecule has 0 spiro atoms. The molecule has 3 aromatic rings. The summed E-state index contributed by atoms with van der Waals surface area (Å²) in [5.41, 5.74) is 0.884. The first-order chi connectivity index (χ1) is 14.5. The zero-order valence-electron chi connectivity index (χ0n) is 16.4. The first-order valence-electron chi connectivity index (χ1n) is 9.41. The van der Waals surface area contributed by atoms with Crippen molar-refractivity contribution in [3.8, 4) is 5.75 Å². The van der Waals surface area contributed by atoms with E-state index in [9.17, 15) is 14.0 Å². The lowest BCUT2D eigenvalue weighted by Crippen LogP contribution is -2.33. The van der Waals surface area contributed by atoms with Gasteiger partial charge in [-0.3, -0.25) is 9.59 Å². The van der Waals surface area contributed by atoms with E-state index in [1.165, 1.54) is 29.5 Å². The van der Waals surface area contributed by atoms with E-state index in [0.29, 0.717) is 16.3 Å². The first-order valence-corrected chi connectivity index (χ1v) is 10.3.